The van der Waals surface area contributed by atoms with E-state index in [0.29, 0.717) is 0 Å². The number of imidazole rings is 1. The molecule has 0 aliphatic rings. The maximum atomic E-state index is 4.13. The molecule has 0 aliphatic heterocycles. The van der Waals surface area contributed by atoms with Gasteiger partial charge in [0.1, 0.15) is 0 Å². The van der Waals surface area contributed by atoms with Crippen molar-refractivity contribution in [1.29, 1.82) is 0 Å². The average molecular weight is 142 g/mol. The Morgan fingerprint density at radius 1 is 1.67 bits per heavy atom. The molecule has 3 heteroatoms. The highest BCUT2D eigenvalue weighted by atomic mass is 32.2. The second-order valence-corrected chi connectivity index (χ2v) is 2.75. The van der Waals surface area contributed by atoms with E-state index in [1.165, 1.54) is 5.03 Å². The van der Waals surface area contributed by atoms with Gasteiger partial charge in [0, 0.05) is 7.05 Å². The van der Waals surface area contributed by atoms with Crippen LogP contribution in [-0.2, 0) is 7.05 Å². The third-order valence-corrected chi connectivity index (χ3v) is 2.22. The number of rotatable bonds is 1. The third-order valence-electron chi connectivity index (χ3n) is 1.25. The summed E-state index contributed by atoms with van der Waals surface area (Å²) in [6, 6.07) is 0. The Morgan fingerprint density at radius 3 is 2.56 bits per heavy atom. The Bertz CT molecular complexity index is 185. The molecule has 2 nitrogen and oxygen atoms in total. The van der Waals surface area contributed by atoms with Gasteiger partial charge < -0.3 is 4.57 Å². The topological polar surface area (TPSA) is 17.8 Å². The van der Waals surface area contributed by atoms with Gasteiger partial charge >= 0.3 is 0 Å². The van der Waals surface area contributed by atoms with Gasteiger partial charge in [0.25, 0.3) is 0 Å². The standard InChI is InChI=1S/C6H10N2S/c1-5-6(9-3)8(2)4-7-5/h4H,1-3H3. The molecule has 0 aromatic carbocycles. The van der Waals surface area contributed by atoms with Gasteiger partial charge in [0.2, 0.25) is 0 Å². The van der Waals surface area contributed by atoms with Crippen LogP contribution in [0.15, 0.2) is 11.4 Å². The van der Waals surface area contributed by atoms with E-state index >= 15 is 0 Å². The zero-order chi connectivity index (χ0) is 6.85. The summed E-state index contributed by atoms with van der Waals surface area (Å²) in [5, 5.41) is 1.25. The van der Waals surface area contributed by atoms with Gasteiger partial charge in [-0.15, -0.1) is 11.8 Å². The van der Waals surface area contributed by atoms with E-state index in [-0.39, 0.29) is 0 Å². The van der Waals surface area contributed by atoms with Crippen LogP contribution in [0.2, 0.25) is 0 Å². The summed E-state index contributed by atoms with van der Waals surface area (Å²) >= 11 is 1.73. The highest BCUT2D eigenvalue weighted by Crippen LogP contribution is 2.16. The first-order valence-electron chi connectivity index (χ1n) is 2.77. The van der Waals surface area contributed by atoms with E-state index in [1.54, 1.807) is 11.8 Å². The van der Waals surface area contributed by atoms with Crippen molar-refractivity contribution in [2.24, 2.45) is 7.05 Å². The lowest BCUT2D eigenvalue weighted by atomic mass is 10.6. The van der Waals surface area contributed by atoms with Gasteiger partial charge in [-0.25, -0.2) is 4.98 Å². The number of hydrogen-bond donors (Lipinski definition) is 0. The molecule has 0 amide bonds. The first kappa shape index (κ1) is 6.68. The summed E-state index contributed by atoms with van der Waals surface area (Å²) in [6.07, 6.45) is 3.89. The first-order chi connectivity index (χ1) is 4.25. The Balaban J connectivity index is 3.07. The highest BCUT2D eigenvalue weighted by Gasteiger charge is 1.99. The van der Waals surface area contributed by atoms with Crippen molar-refractivity contribution in [2.75, 3.05) is 6.26 Å². The maximum absolute atomic E-state index is 4.13. The molecule has 0 bridgehead atoms. The van der Waals surface area contributed by atoms with Crippen molar-refractivity contribution < 1.29 is 0 Å². The fourth-order valence-corrected chi connectivity index (χ4v) is 1.51. The van der Waals surface area contributed by atoms with Gasteiger partial charge in [-0.3, -0.25) is 0 Å². The number of aryl methyl sites for hydroxylation is 2. The molecule has 0 saturated heterocycles. The molecule has 0 spiro atoms. The molecule has 1 heterocycles. The predicted molar refractivity (Wildman–Crippen MR) is 39.7 cm³/mol. The van der Waals surface area contributed by atoms with Gasteiger partial charge in [-0.05, 0) is 13.2 Å². The van der Waals surface area contributed by atoms with Gasteiger partial charge in [-0.1, -0.05) is 0 Å². The van der Waals surface area contributed by atoms with E-state index in [2.05, 4.69) is 11.2 Å². The zero-order valence-corrected chi connectivity index (χ0v) is 6.70. The molecular formula is C6H10N2S. The smallest absolute Gasteiger partial charge is 0.0970 e. The van der Waals surface area contributed by atoms with Crippen LogP contribution in [-0.4, -0.2) is 15.8 Å². The molecule has 9 heavy (non-hydrogen) atoms. The summed E-state index contributed by atoms with van der Waals surface area (Å²) in [7, 11) is 2.01. The Hall–Kier alpha value is -0.440. The molecule has 0 saturated carbocycles. The summed E-state index contributed by atoms with van der Waals surface area (Å²) in [5.74, 6) is 0. The van der Waals surface area contributed by atoms with Gasteiger partial charge in [-0.2, -0.15) is 0 Å². The monoisotopic (exact) mass is 142 g/mol. The van der Waals surface area contributed by atoms with E-state index in [4.69, 9.17) is 0 Å². The largest absolute Gasteiger partial charge is 0.329 e. The van der Waals surface area contributed by atoms with Gasteiger partial charge in [0.05, 0.1) is 17.0 Å². The quantitative estimate of drug-likeness (QED) is 0.552. The minimum Gasteiger partial charge on any atom is -0.329 e. The lowest BCUT2D eigenvalue weighted by molar-refractivity contribution is 0.820. The predicted octanol–water partition coefficient (Wildman–Crippen LogP) is 1.45. The van der Waals surface area contributed by atoms with Crippen LogP contribution in [0.25, 0.3) is 0 Å². The molecule has 0 unspecified atom stereocenters. The molecule has 0 N–H and O–H groups in total. The molecule has 50 valence electrons. The molecular weight excluding hydrogens is 132 g/mol. The van der Waals surface area contributed by atoms with E-state index < -0.39 is 0 Å². The zero-order valence-electron chi connectivity index (χ0n) is 5.88. The normalized spacial score (nSPS) is 10.1. The second-order valence-electron chi connectivity index (χ2n) is 1.95. The van der Waals surface area contributed by atoms with Crippen LogP contribution in [0.5, 0.6) is 0 Å². The summed E-state index contributed by atoms with van der Waals surface area (Å²) in [4.78, 5) is 4.13. The Morgan fingerprint density at radius 2 is 2.33 bits per heavy atom. The van der Waals surface area contributed by atoms with Crippen molar-refractivity contribution in [1.82, 2.24) is 9.55 Å². The molecule has 1 aromatic heterocycles. The third kappa shape index (κ3) is 1.10. The molecule has 1 rings (SSSR count). The Kier molecular flexibility index (Phi) is 1.81. The highest BCUT2D eigenvalue weighted by molar-refractivity contribution is 7.98. The van der Waals surface area contributed by atoms with Crippen LogP contribution in [0.3, 0.4) is 0 Å². The summed E-state index contributed by atoms with van der Waals surface area (Å²) < 4.78 is 2.03. The average Bonchev–Trinajstić information content (AvgIpc) is 2.12. The summed E-state index contributed by atoms with van der Waals surface area (Å²) in [6.45, 7) is 2.02. The Labute approximate surface area is 59.3 Å². The van der Waals surface area contributed by atoms with Crippen molar-refractivity contribution in [3.63, 3.8) is 0 Å². The lowest BCUT2D eigenvalue weighted by Gasteiger charge is -1.95. The van der Waals surface area contributed by atoms with Crippen LogP contribution in [0.1, 0.15) is 5.69 Å². The fraction of sp³-hybridized carbons (Fsp3) is 0.500. The summed E-state index contributed by atoms with van der Waals surface area (Å²) in [5.41, 5.74) is 1.12. The van der Waals surface area contributed by atoms with Crippen molar-refractivity contribution in [2.45, 2.75) is 11.9 Å². The second kappa shape index (κ2) is 2.43. The van der Waals surface area contributed by atoms with E-state index in [1.807, 2.05) is 24.9 Å². The number of thioether (sulfide) groups is 1. The number of nitrogens with zero attached hydrogens (tertiary/aromatic N) is 2. The molecule has 0 fully saturated rings. The van der Waals surface area contributed by atoms with Crippen LogP contribution >= 0.6 is 11.8 Å². The van der Waals surface area contributed by atoms with E-state index in [9.17, 15) is 0 Å². The van der Waals surface area contributed by atoms with Crippen molar-refractivity contribution in [3.05, 3.63) is 12.0 Å². The maximum Gasteiger partial charge on any atom is 0.0970 e. The minimum atomic E-state index is 1.12. The van der Waals surface area contributed by atoms with Crippen LogP contribution in [0.4, 0.5) is 0 Å². The van der Waals surface area contributed by atoms with E-state index in [0.717, 1.165) is 5.69 Å². The van der Waals surface area contributed by atoms with Crippen LogP contribution in [0, 0.1) is 6.92 Å². The lowest BCUT2D eigenvalue weighted by Crippen LogP contribution is -1.86. The molecule has 0 atom stereocenters. The van der Waals surface area contributed by atoms with Crippen LogP contribution < -0.4 is 0 Å². The van der Waals surface area contributed by atoms with Gasteiger partial charge in [0.15, 0.2) is 0 Å². The minimum absolute atomic E-state index is 1.12. The molecule has 1 aromatic rings. The number of aromatic nitrogens is 2. The first-order valence-corrected chi connectivity index (χ1v) is 4.00. The fourth-order valence-electron chi connectivity index (χ4n) is 0.828. The molecule has 0 aliphatic carbocycles. The molecule has 0 radical (unpaired) electrons. The van der Waals surface area contributed by atoms with Crippen molar-refractivity contribution >= 4 is 11.8 Å². The number of hydrogen-bond acceptors (Lipinski definition) is 2. The SMILES string of the molecule is CSc1c(C)ncn1C. The van der Waals surface area contributed by atoms with Crippen molar-refractivity contribution in [3.8, 4) is 0 Å².